The van der Waals surface area contributed by atoms with E-state index in [0.29, 0.717) is 22.3 Å². The predicted molar refractivity (Wildman–Crippen MR) is 103 cm³/mol. The van der Waals surface area contributed by atoms with Gasteiger partial charge in [0.15, 0.2) is 0 Å². The second-order valence-electron chi connectivity index (χ2n) is 5.79. The van der Waals surface area contributed by atoms with Crippen LogP contribution in [0.3, 0.4) is 0 Å². The molecule has 0 N–H and O–H groups in total. The van der Waals surface area contributed by atoms with Crippen LogP contribution in [-0.2, 0) is 0 Å². The van der Waals surface area contributed by atoms with Crippen LogP contribution in [0.15, 0.2) is 52.3 Å². The highest BCUT2D eigenvalue weighted by atomic mass is 32.2. The van der Waals surface area contributed by atoms with Gasteiger partial charge in [0.1, 0.15) is 0 Å². The van der Waals surface area contributed by atoms with E-state index >= 15 is 0 Å². The first kappa shape index (κ1) is 17.8. The fourth-order valence-electron chi connectivity index (χ4n) is 2.82. The standard InChI is InChI=1S/C18H18N2O3S2/c1-12-9-10-19(14-5-3-4-6-17(14)25-12)18(21)13-7-8-16(24-2)15(11-13)20(22)23/h3-8,11-12H,9-10H2,1-2H3/t12-/m1/s1. The molecule has 0 unspecified atom stereocenters. The molecular weight excluding hydrogens is 356 g/mol. The van der Waals surface area contributed by atoms with E-state index in [4.69, 9.17) is 0 Å². The first-order valence-electron chi connectivity index (χ1n) is 7.91. The summed E-state index contributed by atoms with van der Waals surface area (Å²) >= 11 is 3.06. The number of anilines is 1. The van der Waals surface area contributed by atoms with Crippen LogP contribution in [0.2, 0.25) is 0 Å². The third-order valence-electron chi connectivity index (χ3n) is 4.11. The highest BCUT2D eigenvalue weighted by Crippen LogP contribution is 2.38. The summed E-state index contributed by atoms with van der Waals surface area (Å²) in [6.45, 7) is 2.75. The van der Waals surface area contributed by atoms with Gasteiger partial charge in [-0.1, -0.05) is 19.1 Å². The number of hydrogen-bond acceptors (Lipinski definition) is 5. The molecule has 2 aromatic rings. The van der Waals surface area contributed by atoms with Crippen molar-refractivity contribution in [2.24, 2.45) is 0 Å². The van der Waals surface area contributed by atoms with Crippen LogP contribution in [0.5, 0.6) is 0 Å². The van der Waals surface area contributed by atoms with Crippen LogP contribution in [0.4, 0.5) is 11.4 Å². The molecule has 1 aliphatic heterocycles. The van der Waals surface area contributed by atoms with Crippen LogP contribution in [0.1, 0.15) is 23.7 Å². The van der Waals surface area contributed by atoms with Crippen molar-refractivity contribution < 1.29 is 9.72 Å². The number of thioether (sulfide) groups is 2. The largest absolute Gasteiger partial charge is 0.307 e. The fraction of sp³-hybridized carbons (Fsp3) is 0.278. The Balaban J connectivity index is 2.01. The second kappa shape index (κ2) is 7.49. The second-order valence-corrected chi connectivity index (χ2v) is 8.11. The van der Waals surface area contributed by atoms with Crippen molar-refractivity contribution in [3.63, 3.8) is 0 Å². The summed E-state index contributed by atoms with van der Waals surface area (Å²) < 4.78 is 0. The van der Waals surface area contributed by atoms with E-state index in [9.17, 15) is 14.9 Å². The van der Waals surface area contributed by atoms with Gasteiger partial charge in [-0.2, -0.15) is 0 Å². The third-order valence-corrected chi connectivity index (χ3v) is 6.13. The molecule has 2 aromatic carbocycles. The van der Waals surface area contributed by atoms with E-state index in [1.807, 2.05) is 24.3 Å². The maximum Gasteiger partial charge on any atom is 0.283 e. The first-order valence-corrected chi connectivity index (χ1v) is 10.0. The summed E-state index contributed by atoms with van der Waals surface area (Å²) in [5.41, 5.74) is 1.20. The molecule has 1 amide bonds. The number of hydrogen-bond donors (Lipinski definition) is 0. The monoisotopic (exact) mass is 374 g/mol. The number of para-hydroxylation sites is 1. The van der Waals surface area contributed by atoms with Gasteiger partial charge in [0, 0.05) is 28.3 Å². The van der Waals surface area contributed by atoms with Crippen molar-refractivity contribution in [1.82, 2.24) is 0 Å². The minimum Gasteiger partial charge on any atom is -0.307 e. The van der Waals surface area contributed by atoms with Crippen molar-refractivity contribution in [1.29, 1.82) is 0 Å². The smallest absolute Gasteiger partial charge is 0.283 e. The molecule has 1 heterocycles. The highest BCUT2D eigenvalue weighted by Gasteiger charge is 2.26. The zero-order chi connectivity index (χ0) is 18.0. The van der Waals surface area contributed by atoms with Crippen LogP contribution in [0.25, 0.3) is 0 Å². The van der Waals surface area contributed by atoms with Crippen LogP contribution in [0, 0.1) is 10.1 Å². The molecule has 0 aliphatic carbocycles. The Labute approximate surface area is 154 Å². The van der Waals surface area contributed by atoms with Gasteiger partial charge in [-0.3, -0.25) is 14.9 Å². The van der Waals surface area contributed by atoms with Gasteiger partial charge in [-0.15, -0.1) is 23.5 Å². The number of rotatable bonds is 3. The van der Waals surface area contributed by atoms with Crippen molar-refractivity contribution in [2.75, 3.05) is 17.7 Å². The number of benzene rings is 2. The molecule has 0 fully saturated rings. The summed E-state index contributed by atoms with van der Waals surface area (Å²) in [4.78, 5) is 27.3. The molecule has 0 radical (unpaired) electrons. The van der Waals surface area contributed by atoms with Crippen LogP contribution < -0.4 is 4.90 Å². The van der Waals surface area contributed by atoms with E-state index in [0.717, 1.165) is 17.0 Å². The third kappa shape index (κ3) is 3.67. The quantitative estimate of drug-likeness (QED) is 0.437. The lowest BCUT2D eigenvalue weighted by atomic mass is 10.1. The topological polar surface area (TPSA) is 63.5 Å². The van der Waals surface area contributed by atoms with E-state index in [1.165, 1.54) is 17.8 Å². The molecular formula is C18H18N2O3S2. The molecule has 0 bridgehead atoms. The molecule has 0 spiro atoms. The lowest BCUT2D eigenvalue weighted by Crippen LogP contribution is -2.32. The normalized spacial score (nSPS) is 16.9. The van der Waals surface area contributed by atoms with E-state index in [1.54, 1.807) is 35.1 Å². The zero-order valence-corrected chi connectivity index (χ0v) is 15.6. The molecule has 0 aromatic heterocycles. The Kier molecular flexibility index (Phi) is 5.34. The number of carbonyl (C=O) groups excluding carboxylic acids is 1. The summed E-state index contributed by atoms with van der Waals surface area (Å²) in [6, 6.07) is 12.5. The molecule has 130 valence electrons. The fourth-order valence-corrected chi connectivity index (χ4v) is 4.48. The molecule has 1 atom stereocenters. The van der Waals surface area contributed by atoms with Gasteiger partial charge >= 0.3 is 0 Å². The molecule has 0 saturated heterocycles. The Morgan fingerprint density at radius 2 is 2.08 bits per heavy atom. The Morgan fingerprint density at radius 3 is 2.80 bits per heavy atom. The van der Waals surface area contributed by atoms with Gasteiger partial charge in [-0.05, 0) is 36.9 Å². The molecule has 1 aliphatic rings. The summed E-state index contributed by atoms with van der Waals surface area (Å²) in [6.07, 6.45) is 2.66. The van der Waals surface area contributed by atoms with Gasteiger partial charge < -0.3 is 4.90 Å². The Bertz CT molecular complexity index is 826. The van der Waals surface area contributed by atoms with Crippen molar-refractivity contribution in [2.45, 2.75) is 28.4 Å². The van der Waals surface area contributed by atoms with Crippen molar-refractivity contribution >= 4 is 40.8 Å². The lowest BCUT2D eigenvalue weighted by Gasteiger charge is -2.22. The number of nitro groups is 1. The molecule has 5 nitrogen and oxygen atoms in total. The van der Waals surface area contributed by atoms with Crippen molar-refractivity contribution in [3.05, 3.63) is 58.1 Å². The van der Waals surface area contributed by atoms with Gasteiger partial charge in [-0.25, -0.2) is 0 Å². The van der Waals surface area contributed by atoms with E-state index < -0.39 is 4.92 Å². The zero-order valence-electron chi connectivity index (χ0n) is 14.0. The van der Waals surface area contributed by atoms with E-state index in [-0.39, 0.29) is 11.6 Å². The molecule has 7 heteroatoms. The molecule has 25 heavy (non-hydrogen) atoms. The predicted octanol–water partition coefficient (Wildman–Crippen LogP) is 4.85. The summed E-state index contributed by atoms with van der Waals surface area (Å²) in [5.74, 6) is -0.196. The number of nitrogens with zero attached hydrogens (tertiary/aromatic N) is 2. The highest BCUT2D eigenvalue weighted by molar-refractivity contribution is 8.00. The maximum absolute atomic E-state index is 13.1. The first-order chi connectivity index (χ1) is 12.0. The summed E-state index contributed by atoms with van der Waals surface area (Å²) in [7, 11) is 0. The minimum absolute atomic E-state index is 0.0239. The van der Waals surface area contributed by atoms with E-state index in [2.05, 4.69) is 6.92 Å². The average Bonchev–Trinajstić information content (AvgIpc) is 2.78. The number of nitro benzene ring substituents is 1. The Hall–Kier alpha value is -1.99. The number of carbonyl (C=O) groups is 1. The number of amides is 1. The van der Waals surface area contributed by atoms with Crippen LogP contribution >= 0.6 is 23.5 Å². The Morgan fingerprint density at radius 1 is 1.32 bits per heavy atom. The average molecular weight is 374 g/mol. The van der Waals surface area contributed by atoms with Gasteiger partial charge in [0.2, 0.25) is 0 Å². The SMILES string of the molecule is CSc1ccc(C(=O)N2CC[C@@H](C)Sc3ccccc32)cc1[N+](=O)[O-]. The van der Waals surface area contributed by atoms with Crippen molar-refractivity contribution in [3.8, 4) is 0 Å². The van der Waals surface area contributed by atoms with Gasteiger partial charge in [0.25, 0.3) is 11.6 Å². The van der Waals surface area contributed by atoms with Gasteiger partial charge in [0.05, 0.1) is 15.5 Å². The minimum atomic E-state index is -0.434. The maximum atomic E-state index is 13.1. The lowest BCUT2D eigenvalue weighted by molar-refractivity contribution is -0.387. The molecule has 0 saturated carbocycles. The number of fused-ring (bicyclic) bond motifs is 1. The molecule has 3 rings (SSSR count). The summed E-state index contributed by atoms with van der Waals surface area (Å²) in [5, 5.41) is 11.7. The van der Waals surface area contributed by atoms with Crippen LogP contribution in [-0.4, -0.2) is 28.9 Å².